The molecule has 0 atom stereocenters. The number of thioether (sulfide) groups is 1. The second-order valence-electron chi connectivity index (χ2n) is 8.46. The van der Waals surface area contributed by atoms with Gasteiger partial charge < -0.3 is 14.4 Å². The van der Waals surface area contributed by atoms with Crippen LogP contribution in [0.5, 0.6) is 5.75 Å². The monoisotopic (exact) mass is 444 g/mol. The number of rotatable bonds is 5. The molecule has 2 amide bonds. The van der Waals surface area contributed by atoms with Gasteiger partial charge in [-0.05, 0) is 64.1 Å². The molecular formula is C23H28N2O5S. The summed E-state index contributed by atoms with van der Waals surface area (Å²) in [6.45, 7) is 9.35. The molecular weight excluding hydrogens is 416 g/mol. The second kappa shape index (κ2) is 8.42. The normalized spacial score (nSPS) is 19.1. The van der Waals surface area contributed by atoms with Crippen molar-refractivity contribution >= 4 is 46.2 Å². The molecule has 0 aliphatic carbocycles. The number of ether oxygens (including phenoxy) is 2. The molecule has 8 heteroatoms. The lowest BCUT2D eigenvalue weighted by molar-refractivity contribution is -0.149. The molecule has 1 saturated heterocycles. The zero-order valence-electron chi connectivity index (χ0n) is 18.9. The van der Waals surface area contributed by atoms with Gasteiger partial charge in [0.15, 0.2) is 0 Å². The first-order valence-electron chi connectivity index (χ1n) is 10.0. The summed E-state index contributed by atoms with van der Waals surface area (Å²) >= 11 is 0.805. The summed E-state index contributed by atoms with van der Waals surface area (Å²) in [5.74, 6) is -0.528. The standard InChI is InChI=1S/C23H28N2O5S/c1-13(2)30-20(26)12-25-21(27)19(31-22(25)28)9-15-8-16-14(3)11-23(4,5)24(6)17(16)10-18(15)29-7/h8-11,13H,12H2,1-7H3/b19-9-. The number of hydrogen-bond donors (Lipinski definition) is 0. The highest BCUT2D eigenvalue weighted by molar-refractivity contribution is 8.18. The average Bonchev–Trinajstić information content (AvgIpc) is 2.92. The van der Waals surface area contributed by atoms with Gasteiger partial charge in [0.1, 0.15) is 12.3 Å². The van der Waals surface area contributed by atoms with Gasteiger partial charge >= 0.3 is 5.97 Å². The fourth-order valence-corrected chi connectivity index (χ4v) is 4.52. The number of hydrogen-bond acceptors (Lipinski definition) is 7. The van der Waals surface area contributed by atoms with Crippen molar-refractivity contribution in [1.29, 1.82) is 0 Å². The first-order chi connectivity index (χ1) is 14.4. The van der Waals surface area contributed by atoms with E-state index in [1.165, 1.54) is 0 Å². The minimum Gasteiger partial charge on any atom is -0.496 e. The summed E-state index contributed by atoms with van der Waals surface area (Å²) in [4.78, 5) is 40.4. The van der Waals surface area contributed by atoms with Crippen LogP contribution in [0, 0.1) is 0 Å². The second-order valence-corrected chi connectivity index (χ2v) is 9.45. The highest BCUT2D eigenvalue weighted by Crippen LogP contribution is 2.42. The first-order valence-corrected chi connectivity index (χ1v) is 10.9. The van der Waals surface area contributed by atoms with E-state index in [4.69, 9.17) is 9.47 Å². The number of carbonyl (C=O) groups excluding carboxylic acids is 3. The van der Waals surface area contributed by atoms with Crippen molar-refractivity contribution in [2.75, 3.05) is 25.6 Å². The van der Waals surface area contributed by atoms with Gasteiger partial charge in [-0.2, -0.15) is 0 Å². The number of likely N-dealkylation sites (N-methyl/N-ethyl adjacent to an activating group) is 1. The van der Waals surface area contributed by atoms with Crippen molar-refractivity contribution in [2.45, 2.75) is 46.3 Å². The average molecular weight is 445 g/mol. The van der Waals surface area contributed by atoms with Crippen LogP contribution in [0.1, 0.15) is 45.7 Å². The van der Waals surface area contributed by atoms with E-state index in [0.29, 0.717) is 11.3 Å². The molecule has 0 aromatic heterocycles. The Balaban J connectivity index is 1.95. The van der Waals surface area contributed by atoms with Crippen molar-refractivity contribution in [3.8, 4) is 5.75 Å². The van der Waals surface area contributed by atoms with E-state index in [-0.39, 0.29) is 16.5 Å². The van der Waals surface area contributed by atoms with Crippen LogP contribution >= 0.6 is 11.8 Å². The lowest BCUT2D eigenvalue weighted by Gasteiger charge is -2.41. The summed E-state index contributed by atoms with van der Waals surface area (Å²) in [7, 11) is 3.60. The van der Waals surface area contributed by atoms with Gasteiger partial charge in [-0.3, -0.25) is 19.3 Å². The summed E-state index contributed by atoms with van der Waals surface area (Å²) in [6, 6.07) is 3.91. The van der Waals surface area contributed by atoms with Crippen LogP contribution in [0.2, 0.25) is 0 Å². The van der Waals surface area contributed by atoms with E-state index in [1.807, 2.05) is 19.2 Å². The molecule has 31 heavy (non-hydrogen) atoms. The summed E-state index contributed by atoms with van der Waals surface area (Å²) in [5.41, 5.74) is 3.74. The van der Waals surface area contributed by atoms with Crippen molar-refractivity contribution in [3.63, 3.8) is 0 Å². The Labute approximate surface area is 187 Å². The number of imide groups is 1. The SMILES string of the molecule is COc1cc2c(cc1/C=C1\SC(=O)N(CC(=O)OC(C)C)C1=O)C(C)=CC(C)(C)N2C. The molecule has 2 heterocycles. The van der Waals surface area contributed by atoms with Crippen LogP contribution in [0.4, 0.5) is 10.5 Å². The molecule has 1 aromatic rings. The summed E-state index contributed by atoms with van der Waals surface area (Å²) in [5, 5.41) is -0.494. The zero-order valence-corrected chi connectivity index (χ0v) is 19.8. The molecule has 0 N–H and O–H groups in total. The fraction of sp³-hybridized carbons (Fsp3) is 0.435. The van der Waals surface area contributed by atoms with Gasteiger partial charge in [-0.25, -0.2) is 0 Å². The predicted octanol–water partition coefficient (Wildman–Crippen LogP) is 4.31. The lowest BCUT2D eigenvalue weighted by atomic mass is 9.88. The minimum atomic E-state index is -0.615. The molecule has 0 radical (unpaired) electrons. The van der Waals surface area contributed by atoms with Crippen molar-refractivity contribution < 1.29 is 23.9 Å². The van der Waals surface area contributed by atoms with Crippen LogP contribution < -0.4 is 9.64 Å². The molecule has 166 valence electrons. The third-order valence-electron chi connectivity index (χ3n) is 5.38. The maximum absolute atomic E-state index is 12.8. The Kier molecular flexibility index (Phi) is 6.23. The van der Waals surface area contributed by atoms with E-state index in [1.54, 1.807) is 27.0 Å². The van der Waals surface area contributed by atoms with E-state index < -0.39 is 23.7 Å². The minimum absolute atomic E-state index is 0.142. The Morgan fingerprint density at radius 1 is 1.26 bits per heavy atom. The quantitative estimate of drug-likeness (QED) is 0.495. The predicted molar refractivity (Wildman–Crippen MR) is 123 cm³/mol. The van der Waals surface area contributed by atoms with Crippen LogP contribution in [0.25, 0.3) is 11.6 Å². The number of benzene rings is 1. The third-order valence-corrected chi connectivity index (χ3v) is 6.29. The molecule has 7 nitrogen and oxygen atoms in total. The molecule has 0 unspecified atom stereocenters. The van der Waals surface area contributed by atoms with Gasteiger partial charge in [0.25, 0.3) is 11.1 Å². The summed E-state index contributed by atoms with van der Waals surface area (Å²) < 4.78 is 10.6. The zero-order chi connectivity index (χ0) is 23.1. The number of anilines is 1. The number of esters is 1. The number of methoxy groups -OCH3 is 1. The van der Waals surface area contributed by atoms with Crippen molar-refractivity contribution in [3.05, 3.63) is 34.2 Å². The van der Waals surface area contributed by atoms with Crippen LogP contribution in [0.15, 0.2) is 23.1 Å². The number of carbonyl (C=O) groups is 3. The van der Waals surface area contributed by atoms with E-state index in [9.17, 15) is 14.4 Å². The molecule has 0 bridgehead atoms. The van der Waals surface area contributed by atoms with Crippen LogP contribution in [0.3, 0.4) is 0 Å². The lowest BCUT2D eigenvalue weighted by Crippen LogP contribution is -2.42. The molecule has 0 spiro atoms. The Bertz CT molecular complexity index is 1010. The number of fused-ring (bicyclic) bond motifs is 1. The number of amides is 2. The molecule has 3 rings (SSSR count). The van der Waals surface area contributed by atoms with Crippen LogP contribution in [-0.2, 0) is 14.3 Å². The molecule has 2 aliphatic heterocycles. The number of allylic oxidation sites excluding steroid dienone is 1. The topological polar surface area (TPSA) is 76.1 Å². The number of nitrogens with zero attached hydrogens (tertiary/aromatic N) is 2. The highest BCUT2D eigenvalue weighted by atomic mass is 32.2. The first kappa shape index (κ1) is 22.9. The van der Waals surface area contributed by atoms with Gasteiger partial charge in [0, 0.05) is 29.9 Å². The molecule has 2 aliphatic rings. The Morgan fingerprint density at radius 2 is 1.94 bits per heavy atom. The van der Waals surface area contributed by atoms with E-state index in [2.05, 4.69) is 31.7 Å². The molecule has 1 aromatic carbocycles. The van der Waals surface area contributed by atoms with Crippen molar-refractivity contribution in [1.82, 2.24) is 4.90 Å². The largest absolute Gasteiger partial charge is 0.496 e. The maximum Gasteiger partial charge on any atom is 0.326 e. The Hall–Kier alpha value is -2.74. The van der Waals surface area contributed by atoms with Crippen LogP contribution in [-0.4, -0.2) is 54.4 Å². The van der Waals surface area contributed by atoms with Gasteiger partial charge in [-0.1, -0.05) is 6.08 Å². The van der Waals surface area contributed by atoms with Crippen molar-refractivity contribution in [2.24, 2.45) is 0 Å². The fourth-order valence-electron chi connectivity index (χ4n) is 3.69. The summed E-state index contributed by atoms with van der Waals surface area (Å²) in [6.07, 6.45) is 3.52. The van der Waals surface area contributed by atoms with E-state index in [0.717, 1.165) is 33.5 Å². The molecule has 0 saturated carbocycles. The van der Waals surface area contributed by atoms with E-state index >= 15 is 0 Å². The molecule has 1 fully saturated rings. The Morgan fingerprint density at radius 3 is 2.55 bits per heavy atom. The smallest absolute Gasteiger partial charge is 0.326 e. The van der Waals surface area contributed by atoms with Gasteiger partial charge in [0.05, 0.1) is 23.7 Å². The van der Waals surface area contributed by atoms with Gasteiger partial charge in [-0.15, -0.1) is 0 Å². The third kappa shape index (κ3) is 4.49. The maximum atomic E-state index is 12.8. The van der Waals surface area contributed by atoms with Gasteiger partial charge in [0.2, 0.25) is 0 Å². The highest BCUT2D eigenvalue weighted by Gasteiger charge is 2.37.